The molecule has 8 aromatic carbocycles. The fourth-order valence-electron chi connectivity index (χ4n) is 7.80. The lowest BCUT2D eigenvalue weighted by atomic mass is 10.0. The number of rotatable bonds is 4. The van der Waals surface area contributed by atoms with Gasteiger partial charge in [0.05, 0.1) is 16.7 Å². The number of furan rings is 1. The largest absolute Gasteiger partial charge is 0.453 e. The van der Waals surface area contributed by atoms with Crippen LogP contribution in [0.3, 0.4) is 0 Å². The second-order valence-electron chi connectivity index (χ2n) is 13.2. The molecule has 11 aromatic rings. The molecule has 0 aliphatic heterocycles. The van der Waals surface area contributed by atoms with Gasteiger partial charge in [-0.1, -0.05) is 133 Å². The summed E-state index contributed by atoms with van der Waals surface area (Å²) in [5.74, 6) is 1.83. The monoisotopic (exact) mass is 664 g/mol. The van der Waals surface area contributed by atoms with Crippen LogP contribution in [-0.2, 0) is 0 Å². The van der Waals surface area contributed by atoms with Crippen LogP contribution in [0, 0.1) is 0 Å². The van der Waals surface area contributed by atoms with Gasteiger partial charge in [-0.2, -0.15) is 0 Å². The number of para-hydroxylation sites is 1. The molecule has 0 radical (unpaired) electrons. The van der Waals surface area contributed by atoms with Crippen LogP contribution in [0.1, 0.15) is 0 Å². The zero-order valence-corrected chi connectivity index (χ0v) is 27.9. The van der Waals surface area contributed by atoms with Gasteiger partial charge in [-0.3, -0.25) is 0 Å². The Kier molecular flexibility index (Phi) is 6.18. The maximum absolute atomic E-state index is 7.11. The number of aromatic nitrogens is 4. The summed E-state index contributed by atoms with van der Waals surface area (Å²) < 4.78 is 9.46. The van der Waals surface area contributed by atoms with Gasteiger partial charge in [0.2, 0.25) is 0 Å². The Balaban J connectivity index is 1.27. The van der Waals surface area contributed by atoms with Crippen molar-refractivity contribution in [3.05, 3.63) is 170 Å². The maximum Gasteiger partial charge on any atom is 0.164 e. The molecule has 0 N–H and O–H groups in total. The smallest absolute Gasteiger partial charge is 0.164 e. The lowest BCUT2D eigenvalue weighted by molar-refractivity contribution is 0.670. The molecule has 0 unspecified atom stereocenters. The lowest BCUT2D eigenvalue weighted by Gasteiger charge is -2.12. The van der Waals surface area contributed by atoms with Gasteiger partial charge in [-0.05, 0) is 52.6 Å². The highest BCUT2D eigenvalue weighted by molar-refractivity contribution is 6.21. The molecule has 52 heavy (non-hydrogen) atoms. The van der Waals surface area contributed by atoms with Crippen molar-refractivity contribution in [3.8, 4) is 39.9 Å². The van der Waals surface area contributed by atoms with Crippen LogP contribution in [0.25, 0.3) is 105 Å². The Bertz CT molecular complexity index is 3120. The summed E-state index contributed by atoms with van der Waals surface area (Å²) in [5, 5.41) is 8.96. The van der Waals surface area contributed by atoms with Gasteiger partial charge in [0.25, 0.3) is 0 Å². The summed E-state index contributed by atoms with van der Waals surface area (Å²) in [6.45, 7) is 0. The molecule has 3 aromatic heterocycles. The van der Waals surface area contributed by atoms with Gasteiger partial charge in [-0.25, -0.2) is 15.0 Å². The first-order valence-electron chi connectivity index (χ1n) is 17.5. The van der Waals surface area contributed by atoms with Gasteiger partial charge < -0.3 is 8.98 Å². The average molecular weight is 665 g/mol. The summed E-state index contributed by atoms with van der Waals surface area (Å²) in [6.07, 6.45) is 0. The van der Waals surface area contributed by atoms with Crippen molar-refractivity contribution in [2.45, 2.75) is 0 Å². The molecule has 0 saturated carbocycles. The van der Waals surface area contributed by atoms with Crippen molar-refractivity contribution < 1.29 is 4.42 Å². The quantitative estimate of drug-likeness (QED) is 0.188. The van der Waals surface area contributed by atoms with E-state index in [4.69, 9.17) is 19.4 Å². The number of fused-ring (bicyclic) bond motifs is 9. The molecule has 5 nitrogen and oxygen atoms in total. The molecule has 0 aliphatic rings. The molecule has 0 amide bonds. The number of nitrogens with zero attached hydrogens (tertiary/aromatic N) is 4. The fourth-order valence-corrected chi connectivity index (χ4v) is 7.80. The minimum absolute atomic E-state index is 0.591. The molecule has 0 fully saturated rings. The molecule has 0 spiro atoms. The molecule has 242 valence electrons. The van der Waals surface area contributed by atoms with Crippen molar-refractivity contribution in [3.63, 3.8) is 0 Å². The second-order valence-corrected chi connectivity index (χ2v) is 13.2. The molecular formula is C47H28N4O. The van der Waals surface area contributed by atoms with Crippen LogP contribution in [0.2, 0.25) is 0 Å². The maximum atomic E-state index is 7.11. The van der Waals surface area contributed by atoms with E-state index in [1.807, 2.05) is 60.7 Å². The van der Waals surface area contributed by atoms with Crippen molar-refractivity contribution in [1.82, 2.24) is 19.5 Å². The Labute approximate surface area is 298 Å². The normalized spacial score (nSPS) is 11.8. The molecule has 0 aliphatic carbocycles. The van der Waals surface area contributed by atoms with Gasteiger partial charge in [0.15, 0.2) is 23.1 Å². The average Bonchev–Trinajstić information content (AvgIpc) is 3.77. The first kappa shape index (κ1) is 28.7. The minimum atomic E-state index is 0.591. The van der Waals surface area contributed by atoms with Crippen molar-refractivity contribution in [1.29, 1.82) is 0 Å². The summed E-state index contributed by atoms with van der Waals surface area (Å²) in [5.41, 5.74) is 7.56. The van der Waals surface area contributed by atoms with E-state index in [9.17, 15) is 0 Å². The molecular weight excluding hydrogens is 637 g/mol. The first-order valence-corrected chi connectivity index (χ1v) is 17.5. The van der Waals surface area contributed by atoms with Crippen LogP contribution in [0.15, 0.2) is 174 Å². The van der Waals surface area contributed by atoms with Gasteiger partial charge >= 0.3 is 0 Å². The van der Waals surface area contributed by atoms with Gasteiger partial charge in [-0.15, -0.1) is 0 Å². The van der Waals surface area contributed by atoms with Crippen LogP contribution in [0.5, 0.6) is 0 Å². The summed E-state index contributed by atoms with van der Waals surface area (Å²) >= 11 is 0. The van der Waals surface area contributed by atoms with E-state index in [2.05, 4.69) is 114 Å². The Morgan fingerprint density at radius 3 is 1.71 bits per heavy atom. The minimum Gasteiger partial charge on any atom is -0.453 e. The Morgan fingerprint density at radius 1 is 0.385 bits per heavy atom. The molecule has 0 bridgehead atoms. The van der Waals surface area contributed by atoms with Crippen LogP contribution in [0.4, 0.5) is 0 Å². The predicted molar refractivity (Wildman–Crippen MR) is 213 cm³/mol. The topological polar surface area (TPSA) is 56.7 Å². The van der Waals surface area contributed by atoms with Crippen molar-refractivity contribution in [2.75, 3.05) is 0 Å². The first-order chi connectivity index (χ1) is 25.8. The fraction of sp³-hybridized carbons (Fsp3) is 0. The standard InChI is InChI=1S/C47H28N4O/c1-3-14-30(15-4-1)45-48-46(31-16-5-2-6-17-31)50-47(49-45)37-25-26-40(44-42(37)36-24-23-29-13-9-10-20-34(29)43(36)52-44)51-39-22-12-11-21-35(39)38-27-32-18-7-8-19-33(32)28-41(38)51/h1-28H. The van der Waals surface area contributed by atoms with Crippen LogP contribution in [-0.4, -0.2) is 19.5 Å². The number of hydrogen-bond acceptors (Lipinski definition) is 4. The number of benzene rings is 8. The Morgan fingerprint density at radius 2 is 0.981 bits per heavy atom. The van der Waals surface area contributed by atoms with Crippen LogP contribution < -0.4 is 0 Å². The summed E-state index contributed by atoms with van der Waals surface area (Å²) in [7, 11) is 0. The van der Waals surface area contributed by atoms with Crippen LogP contribution >= 0.6 is 0 Å². The SMILES string of the molecule is c1ccc(-c2nc(-c3ccccc3)nc(-c3ccc(-n4c5ccccc5c5cc6ccccc6cc54)c4oc5c6ccccc6ccc5c34)n2)cc1. The van der Waals surface area contributed by atoms with Gasteiger partial charge in [0, 0.05) is 43.6 Å². The summed E-state index contributed by atoms with van der Waals surface area (Å²) in [6, 6.07) is 59.1. The second kappa shape index (κ2) is 11.2. The molecule has 0 saturated heterocycles. The van der Waals surface area contributed by atoms with E-state index >= 15 is 0 Å². The third-order valence-corrected chi connectivity index (χ3v) is 10.2. The highest BCUT2D eigenvalue weighted by Gasteiger charge is 2.24. The molecule has 0 atom stereocenters. The van der Waals surface area contributed by atoms with E-state index in [1.54, 1.807) is 0 Å². The predicted octanol–water partition coefficient (Wildman–Crippen LogP) is 12.2. The van der Waals surface area contributed by atoms with E-state index in [0.29, 0.717) is 17.5 Å². The zero-order chi connectivity index (χ0) is 34.2. The van der Waals surface area contributed by atoms with E-state index in [-0.39, 0.29) is 0 Å². The summed E-state index contributed by atoms with van der Waals surface area (Å²) in [4.78, 5) is 15.3. The zero-order valence-electron chi connectivity index (χ0n) is 27.9. The van der Waals surface area contributed by atoms with E-state index in [0.717, 1.165) is 66.1 Å². The number of hydrogen-bond donors (Lipinski definition) is 0. The van der Waals surface area contributed by atoms with E-state index in [1.165, 1.54) is 21.5 Å². The van der Waals surface area contributed by atoms with E-state index < -0.39 is 0 Å². The molecule has 5 heteroatoms. The third-order valence-electron chi connectivity index (χ3n) is 10.2. The van der Waals surface area contributed by atoms with Crippen molar-refractivity contribution >= 4 is 65.3 Å². The molecule has 11 rings (SSSR count). The van der Waals surface area contributed by atoms with Crippen molar-refractivity contribution in [2.24, 2.45) is 0 Å². The lowest BCUT2D eigenvalue weighted by Crippen LogP contribution is -2.01. The van der Waals surface area contributed by atoms with Gasteiger partial charge in [0.1, 0.15) is 5.58 Å². The highest BCUT2D eigenvalue weighted by atomic mass is 16.3. The Hall–Kier alpha value is -7.11. The highest BCUT2D eigenvalue weighted by Crippen LogP contribution is 2.44. The molecule has 3 heterocycles. The third kappa shape index (κ3) is 4.33.